The van der Waals surface area contributed by atoms with Gasteiger partial charge in [0.2, 0.25) is 0 Å². The summed E-state index contributed by atoms with van der Waals surface area (Å²) < 4.78 is 2.16. The van der Waals surface area contributed by atoms with Crippen LogP contribution in [0, 0.1) is 6.92 Å². The molecular formula is C16H21N3O2. The van der Waals surface area contributed by atoms with Crippen LogP contribution in [0.4, 0.5) is 0 Å². The Balaban J connectivity index is 2.00. The highest BCUT2D eigenvalue weighted by atomic mass is 16.4. The van der Waals surface area contributed by atoms with Crippen LogP contribution >= 0.6 is 0 Å². The Morgan fingerprint density at radius 1 is 1.43 bits per heavy atom. The fourth-order valence-corrected chi connectivity index (χ4v) is 3.25. The van der Waals surface area contributed by atoms with Crippen LogP contribution in [0.2, 0.25) is 0 Å². The monoisotopic (exact) mass is 287 g/mol. The van der Waals surface area contributed by atoms with E-state index >= 15 is 0 Å². The van der Waals surface area contributed by atoms with Gasteiger partial charge in [-0.2, -0.15) is 0 Å². The van der Waals surface area contributed by atoms with Crippen molar-refractivity contribution in [2.75, 3.05) is 13.6 Å². The number of piperidine rings is 1. The van der Waals surface area contributed by atoms with Crippen LogP contribution in [-0.2, 0) is 6.54 Å². The molecule has 1 aliphatic rings. The maximum atomic E-state index is 11.3. The molecule has 2 aromatic rings. The SMILES string of the molecule is Cc1nc2c(C(=O)O)cccc2n1CC1CCCCN1C. The molecule has 1 fully saturated rings. The molecule has 0 aliphatic carbocycles. The Bertz CT molecular complexity index is 677. The summed E-state index contributed by atoms with van der Waals surface area (Å²) in [7, 11) is 2.17. The number of benzene rings is 1. The standard InChI is InChI=1S/C16H21N3O2/c1-11-17-15-13(16(20)21)7-5-8-14(15)19(11)10-12-6-3-4-9-18(12)2/h5,7-8,12H,3-4,6,9-10H2,1-2H3,(H,20,21). The first-order chi connectivity index (χ1) is 10.1. The summed E-state index contributed by atoms with van der Waals surface area (Å²) in [5.74, 6) is -0.0299. The van der Waals surface area contributed by atoms with Gasteiger partial charge in [0.05, 0.1) is 11.1 Å². The molecule has 1 aromatic heterocycles. The Kier molecular flexibility index (Phi) is 3.68. The average molecular weight is 287 g/mol. The molecule has 0 spiro atoms. The number of fused-ring (bicyclic) bond motifs is 1. The zero-order chi connectivity index (χ0) is 15.0. The fraction of sp³-hybridized carbons (Fsp3) is 0.500. The van der Waals surface area contributed by atoms with E-state index in [0.717, 1.165) is 24.4 Å². The quantitative estimate of drug-likeness (QED) is 0.942. The molecule has 0 amide bonds. The van der Waals surface area contributed by atoms with Crippen molar-refractivity contribution < 1.29 is 9.90 Å². The van der Waals surface area contributed by atoms with E-state index in [0.29, 0.717) is 11.6 Å². The van der Waals surface area contributed by atoms with Gasteiger partial charge in [-0.3, -0.25) is 0 Å². The third-order valence-corrected chi connectivity index (χ3v) is 4.52. The summed E-state index contributed by atoms with van der Waals surface area (Å²) in [5, 5.41) is 9.29. The zero-order valence-corrected chi connectivity index (χ0v) is 12.5. The molecular weight excluding hydrogens is 266 g/mol. The number of rotatable bonds is 3. The summed E-state index contributed by atoms with van der Waals surface area (Å²) in [6.45, 7) is 3.97. The van der Waals surface area contributed by atoms with Gasteiger partial charge in [-0.25, -0.2) is 9.78 Å². The first kappa shape index (κ1) is 14.1. The minimum absolute atomic E-state index is 0.284. The Morgan fingerprint density at radius 2 is 2.24 bits per heavy atom. The van der Waals surface area contributed by atoms with Crippen molar-refractivity contribution >= 4 is 17.0 Å². The zero-order valence-electron chi connectivity index (χ0n) is 12.5. The number of aromatic carboxylic acids is 1. The number of carbonyl (C=O) groups is 1. The molecule has 1 unspecified atom stereocenters. The highest BCUT2D eigenvalue weighted by Gasteiger charge is 2.22. The number of carboxylic acid groups (broad SMARTS) is 1. The summed E-state index contributed by atoms with van der Waals surface area (Å²) in [4.78, 5) is 18.2. The molecule has 1 aliphatic heterocycles. The van der Waals surface area contributed by atoms with Crippen LogP contribution in [0.15, 0.2) is 18.2 Å². The molecule has 1 N–H and O–H groups in total. The molecule has 1 saturated heterocycles. The van der Waals surface area contributed by atoms with Crippen molar-refractivity contribution in [2.24, 2.45) is 0 Å². The lowest BCUT2D eigenvalue weighted by molar-refractivity contribution is 0.0699. The van der Waals surface area contributed by atoms with Crippen LogP contribution in [0.3, 0.4) is 0 Å². The third-order valence-electron chi connectivity index (χ3n) is 4.52. The number of carboxylic acids is 1. The summed E-state index contributed by atoms with van der Waals surface area (Å²) in [5.41, 5.74) is 1.80. The van der Waals surface area contributed by atoms with Gasteiger partial charge >= 0.3 is 5.97 Å². The van der Waals surface area contributed by atoms with Crippen molar-refractivity contribution in [3.8, 4) is 0 Å². The smallest absolute Gasteiger partial charge is 0.337 e. The molecule has 2 heterocycles. The third kappa shape index (κ3) is 2.53. The lowest BCUT2D eigenvalue weighted by Gasteiger charge is -2.33. The second-order valence-corrected chi connectivity index (χ2v) is 5.88. The van der Waals surface area contributed by atoms with E-state index < -0.39 is 5.97 Å². The predicted octanol–water partition coefficient (Wildman–Crippen LogP) is 2.53. The molecule has 3 rings (SSSR count). The first-order valence-corrected chi connectivity index (χ1v) is 7.47. The number of hydrogen-bond donors (Lipinski definition) is 1. The molecule has 5 nitrogen and oxygen atoms in total. The van der Waals surface area contributed by atoms with E-state index in [-0.39, 0.29) is 5.56 Å². The summed E-state index contributed by atoms with van der Waals surface area (Å²) in [6.07, 6.45) is 3.72. The second kappa shape index (κ2) is 5.48. The maximum absolute atomic E-state index is 11.3. The van der Waals surface area contributed by atoms with Crippen LogP contribution < -0.4 is 0 Å². The van der Waals surface area contributed by atoms with Crippen LogP contribution in [0.5, 0.6) is 0 Å². The van der Waals surface area contributed by atoms with E-state index in [2.05, 4.69) is 21.5 Å². The van der Waals surface area contributed by atoms with Gasteiger partial charge in [0.15, 0.2) is 0 Å². The van der Waals surface area contributed by atoms with Crippen molar-refractivity contribution in [1.82, 2.24) is 14.5 Å². The van der Waals surface area contributed by atoms with Gasteiger partial charge in [0.1, 0.15) is 11.3 Å². The van der Waals surface area contributed by atoms with Crippen molar-refractivity contribution in [1.29, 1.82) is 0 Å². The van der Waals surface area contributed by atoms with Crippen LogP contribution in [0.25, 0.3) is 11.0 Å². The number of likely N-dealkylation sites (tertiary alicyclic amines) is 1. The number of likely N-dealkylation sites (N-methyl/N-ethyl adjacent to an activating group) is 1. The minimum atomic E-state index is -0.917. The van der Waals surface area contributed by atoms with Gasteiger partial charge in [-0.15, -0.1) is 0 Å². The average Bonchev–Trinajstić information content (AvgIpc) is 2.77. The lowest BCUT2D eigenvalue weighted by Crippen LogP contribution is -2.39. The first-order valence-electron chi connectivity index (χ1n) is 7.47. The number of imidazole rings is 1. The van der Waals surface area contributed by atoms with Crippen LogP contribution in [0.1, 0.15) is 35.4 Å². The predicted molar refractivity (Wildman–Crippen MR) is 81.7 cm³/mol. The lowest BCUT2D eigenvalue weighted by atomic mass is 10.0. The molecule has 0 saturated carbocycles. The number of aromatic nitrogens is 2. The Labute approximate surface area is 124 Å². The maximum Gasteiger partial charge on any atom is 0.337 e. The Morgan fingerprint density at radius 3 is 2.95 bits per heavy atom. The van der Waals surface area contributed by atoms with Gasteiger partial charge in [-0.1, -0.05) is 12.5 Å². The largest absolute Gasteiger partial charge is 0.478 e. The Hall–Kier alpha value is -1.88. The number of aryl methyl sites for hydroxylation is 1. The minimum Gasteiger partial charge on any atom is -0.478 e. The van der Waals surface area contributed by atoms with E-state index in [1.54, 1.807) is 12.1 Å². The molecule has 0 radical (unpaired) electrons. The second-order valence-electron chi connectivity index (χ2n) is 5.88. The van der Waals surface area contributed by atoms with E-state index in [9.17, 15) is 9.90 Å². The van der Waals surface area contributed by atoms with Gasteiger partial charge < -0.3 is 14.6 Å². The molecule has 0 bridgehead atoms. The van der Waals surface area contributed by atoms with E-state index in [4.69, 9.17) is 0 Å². The number of nitrogens with zero attached hydrogens (tertiary/aromatic N) is 3. The molecule has 5 heteroatoms. The molecule has 21 heavy (non-hydrogen) atoms. The highest BCUT2D eigenvalue weighted by molar-refractivity contribution is 6.01. The normalized spacial score (nSPS) is 20.0. The van der Waals surface area contributed by atoms with Gasteiger partial charge in [0, 0.05) is 12.6 Å². The molecule has 112 valence electrons. The number of hydrogen-bond acceptors (Lipinski definition) is 3. The van der Waals surface area contributed by atoms with Crippen molar-refractivity contribution in [3.05, 3.63) is 29.6 Å². The molecule has 1 aromatic carbocycles. The van der Waals surface area contributed by atoms with Crippen molar-refractivity contribution in [3.63, 3.8) is 0 Å². The van der Waals surface area contributed by atoms with Gasteiger partial charge in [-0.05, 0) is 45.5 Å². The number of para-hydroxylation sites is 1. The highest BCUT2D eigenvalue weighted by Crippen LogP contribution is 2.23. The topological polar surface area (TPSA) is 58.4 Å². The van der Waals surface area contributed by atoms with Crippen LogP contribution in [-0.4, -0.2) is 45.2 Å². The van der Waals surface area contributed by atoms with E-state index in [1.165, 1.54) is 19.3 Å². The van der Waals surface area contributed by atoms with Gasteiger partial charge in [0.25, 0.3) is 0 Å². The summed E-state index contributed by atoms with van der Waals surface area (Å²) in [6, 6.07) is 5.88. The fourth-order valence-electron chi connectivity index (χ4n) is 3.25. The molecule has 1 atom stereocenters. The van der Waals surface area contributed by atoms with Crippen molar-refractivity contribution in [2.45, 2.75) is 38.8 Å². The summed E-state index contributed by atoms with van der Waals surface area (Å²) >= 11 is 0. The van der Waals surface area contributed by atoms with E-state index in [1.807, 2.05) is 13.0 Å².